The smallest absolute Gasteiger partial charge is 0.126 e. The lowest BCUT2D eigenvalue weighted by molar-refractivity contribution is 0.128. The monoisotopic (exact) mass is 227 g/mol. The van der Waals surface area contributed by atoms with Gasteiger partial charge in [-0.05, 0) is 37.9 Å². The summed E-state index contributed by atoms with van der Waals surface area (Å²) in [7, 11) is 0. The fourth-order valence-corrected chi connectivity index (χ4v) is 1.39. The third-order valence-electron chi connectivity index (χ3n) is 2.26. The Bertz CT molecular complexity index is 331. The molecule has 4 heteroatoms. The third kappa shape index (κ3) is 3.79. The van der Waals surface area contributed by atoms with Crippen LogP contribution in [0.3, 0.4) is 0 Å². The molecule has 0 spiro atoms. The van der Waals surface area contributed by atoms with Crippen molar-refractivity contribution in [3.63, 3.8) is 0 Å². The van der Waals surface area contributed by atoms with Crippen LogP contribution in [0.4, 0.5) is 4.39 Å². The van der Waals surface area contributed by atoms with Crippen LogP contribution in [0.15, 0.2) is 18.2 Å². The second-order valence-electron chi connectivity index (χ2n) is 3.76. The Morgan fingerprint density at radius 2 is 2.25 bits per heavy atom. The molecule has 0 radical (unpaired) electrons. The first-order valence-corrected chi connectivity index (χ1v) is 5.43. The van der Waals surface area contributed by atoms with E-state index in [-0.39, 0.29) is 18.5 Å². The lowest BCUT2D eigenvalue weighted by Crippen LogP contribution is -2.17. The maximum absolute atomic E-state index is 13.1. The number of aliphatic hydroxyl groups excluding tert-OH is 1. The highest BCUT2D eigenvalue weighted by Crippen LogP contribution is 2.22. The minimum absolute atomic E-state index is 0.0904. The van der Waals surface area contributed by atoms with Gasteiger partial charge in [0.25, 0.3) is 0 Å². The highest BCUT2D eigenvalue weighted by atomic mass is 19.1. The van der Waals surface area contributed by atoms with E-state index < -0.39 is 0 Å². The molecule has 3 N–H and O–H groups in total. The first-order valence-electron chi connectivity index (χ1n) is 5.43. The summed E-state index contributed by atoms with van der Waals surface area (Å²) in [6.45, 7) is 2.23. The van der Waals surface area contributed by atoms with Crippen molar-refractivity contribution in [1.29, 1.82) is 0 Å². The largest absolute Gasteiger partial charge is 0.488 e. The summed E-state index contributed by atoms with van der Waals surface area (Å²) in [6.07, 6.45) is 1.25. The lowest BCUT2D eigenvalue weighted by Gasteiger charge is -2.15. The number of aryl methyl sites for hydroxylation is 1. The molecule has 3 nitrogen and oxygen atoms in total. The Balaban J connectivity index is 2.80. The standard InChI is InChI=1S/C12H18FNO2/c1-9(8-15)16-12-7-11(13)5-4-10(12)3-2-6-14/h4-5,7,9,15H,2-3,6,8,14H2,1H3/t9-/m0/s1. The number of hydrogen-bond donors (Lipinski definition) is 2. The number of rotatable bonds is 6. The molecular formula is C12H18FNO2. The first-order chi connectivity index (χ1) is 7.67. The average Bonchev–Trinajstić information content (AvgIpc) is 2.28. The molecule has 0 saturated heterocycles. The maximum atomic E-state index is 13.1. The molecule has 1 atom stereocenters. The molecule has 1 aromatic rings. The third-order valence-corrected chi connectivity index (χ3v) is 2.26. The van der Waals surface area contributed by atoms with Crippen molar-refractivity contribution in [3.05, 3.63) is 29.6 Å². The molecule has 0 fully saturated rings. The van der Waals surface area contributed by atoms with Crippen molar-refractivity contribution in [2.24, 2.45) is 5.73 Å². The van der Waals surface area contributed by atoms with Crippen molar-refractivity contribution < 1.29 is 14.2 Å². The van der Waals surface area contributed by atoms with Crippen molar-refractivity contribution in [3.8, 4) is 5.75 Å². The highest BCUT2D eigenvalue weighted by molar-refractivity contribution is 5.34. The van der Waals surface area contributed by atoms with Gasteiger partial charge in [0.05, 0.1) is 6.61 Å². The normalized spacial score (nSPS) is 12.5. The number of benzene rings is 1. The van der Waals surface area contributed by atoms with Crippen LogP contribution in [0.2, 0.25) is 0 Å². The minimum Gasteiger partial charge on any atom is -0.488 e. The molecule has 0 saturated carbocycles. The Hall–Kier alpha value is -1.13. The number of hydrogen-bond acceptors (Lipinski definition) is 3. The molecule has 0 aliphatic carbocycles. The van der Waals surface area contributed by atoms with Gasteiger partial charge in [0.1, 0.15) is 17.7 Å². The molecule has 0 aromatic heterocycles. The van der Waals surface area contributed by atoms with Gasteiger partial charge in [-0.25, -0.2) is 4.39 Å². The van der Waals surface area contributed by atoms with E-state index in [0.717, 1.165) is 18.4 Å². The van der Waals surface area contributed by atoms with Crippen molar-refractivity contribution in [2.75, 3.05) is 13.2 Å². The predicted octanol–water partition coefficient (Wildman–Crippen LogP) is 1.48. The van der Waals surface area contributed by atoms with E-state index in [2.05, 4.69) is 0 Å². The quantitative estimate of drug-likeness (QED) is 0.774. The fourth-order valence-electron chi connectivity index (χ4n) is 1.39. The summed E-state index contributed by atoms with van der Waals surface area (Å²) in [5.74, 6) is 0.159. The van der Waals surface area contributed by atoms with E-state index in [1.54, 1.807) is 13.0 Å². The topological polar surface area (TPSA) is 55.5 Å². The van der Waals surface area contributed by atoms with Crippen molar-refractivity contribution >= 4 is 0 Å². The molecular weight excluding hydrogens is 209 g/mol. The molecule has 0 heterocycles. The van der Waals surface area contributed by atoms with E-state index in [4.69, 9.17) is 15.6 Å². The second-order valence-corrected chi connectivity index (χ2v) is 3.76. The fraction of sp³-hybridized carbons (Fsp3) is 0.500. The lowest BCUT2D eigenvalue weighted by atomic mass is 10.1. The molecule has 0 amide bonds. The van der Waals surface area contributed by atoms with Crippen LogP contribution in [-0.4, -0.2) is 24.4 Å². The summed E-state index contributed by atoms with van der Waals surface area (Å²) in [5.41, 5.74) is 6.35. The van der Waals surface area contributed by atoms with Crippen LogP contribution in [0.25, 0.3) is 0 Å². The van der Waals surface area contributed by atoms with Crippen LogP contribution < -0.4 is 10.5 Å². The number of halogens is 1. The van der Waals surface area contributed by atoms with Crippen LogP contribution in [0.1, 0.15) is 18.9 Å². The zero-order chi connectivity index (χ0) is 12.0. The van der Waals surface area contributed by atoms with Gasteiger partial charge in [-0.1, -0.05) is 6.07 Å². The molecule has 0 unspecified atom stereocenters. The summed E-state index contributed by atoms with van der Waals surface area (Å²) in [4.78, 5) is 0. The first kappa shape index (κ1) is 12.9. The predicted molar refractivity (Wildman–Crippen MR) is 61.0 cm³/mol. The molecule has 16 heavy (non-hydrogen) atoms. The Labute approximate surface area is 95.0 Å². The second kappa shape index (κ2) is 6.45. The van der Waals surface area contributed by atoms with E-state index >= 15 is 0 Å². The van der Waals surface area contributed by atoms with Crippen LogP contribution in [-0.2, 0) is 6.42 Å². The van der Waals surface area contributed by atoms with Gasteiger partial charge >= 0.3 is 0 Å². The van der Waals surface area contributed by atoms with Crippen molar-refractivity contribution in [1.82, 2.24) is 0 Å². The molecule has 0 aliphatic heterocycles. The van der Waals surface area contributed by atoms with Gasteiger partial charge in [0.2, 0.25) is 0 Å². The summed E-state index contributed by atoms with van der Waals surface area (Å²) in [6, 6.07) is 4.45. The van der Waals surface area contributed by atoms with Gasteiger partial charge < -0.3 is 15.6 Å². The molecule has 1 rings (SSSR count). The Kier molecular flexibility index (Phi) is 5.22. The average molecular weight is 227 g/mol. The van der Waals surface area contributed by atoms with Crippen molar-refractivity contribution in [2.45, 2.75) is 25.9 Å². The van der Waals surface area contributed by atoms with Gasteiger partial charge in [-0.3, -0.25) is 0 Å². The summed E-state index contributed by atoms with van der Waals surface area (Å²) in [5, 5.41) is 8.89. The van der Waals surface area contributed by atoms with Crippen LogP contribution in [0, 0.1) is 5.82 Å². The van der Waals surface area contributed by atoms with Gasteiger partial charge in [0.15, 0.2) is 0 Å². The zero-order valence-corrected chi connectivity index (χ0v) is 9.45. The number of nitrogens with two attached hydrogens (primary N) is 1. The molecule has 0 bridgehead atoms. The van der Waals surface area contributed by atoms with E-state index in [0.29, 0.717) is 12.3 Å². The molecule has 90 valence electrons. The highest BCUT2D eigenvalue weighted by Gasteiger charge is 2.08. The van der Waals surface area contributed by atoms with E-state index in [1.807, 2.05) is 0 Å². The Morgan fingerprint density at radius 1 is 1.50 bits per heavy atom. The minimum atomic E-state index is -0.336. The van der Waals surface area contributed by atoms with Gasteiger partial charge in [-0.15, -0.1) is 0 Å². The number of aliphatic hydroxyl groups is 1. The molecule has 0 aliphatic rings. The Morgan fingerprint density at radius 3 is 2.88 bits per heavy atom. The van der Waals surface area contributed by atoms with Crippen LogP contribution in [0.5, 0.6) is 5.75 Å². The summed E-state index contributed by atoms with van der Waals surface area (Å²) >= 11 is 0. The maximum Gasteiger partial charge on any atom is 0.126 e. The number of ether oxygens (including phenoxy) is 1. The zero-order valence-electron chi connectivity index (χ0n) is 9.45. The molecule has 1 aromatic carbocycles. The van der Waals surface area contributed by atoms with Gasteiger partial charge in [0, 0.05) is 6.07 Å². The van der Waals surface area contributed by atoms with E-state index in [1.165, 1.54) is 12.1 Å². The van der Waals surface area contributed by atoms with Crippen LogP contribution >= 0.6 is 0 Å². The van der Waals surface area contributed by atoms with E-state index in [9.17, 15) is 4.39 Å². The van der Waals surface area contributed by atoms with Gasteiger partial charge in [-0.2, -0.15) is 0 Å². The SMILES string of the molecule is C[C@@H](CO)Oc1cc(F)ccc1CCCN. The summed E-state index contributed by atoms with van der Waals surface area (Å²) < 4.78 is 18.5.